The predicted octanol–water partition coefficient (Wildman–Crippen LogP) is 2.40. The number of ether oxygens (including phenoxy) is 1. The predicted molar refractivity (Wildman–Crippen MR) is 102 cm³/mol. The lowest BCUT2D eigenvalue weighted by Crippen LogP contribution is -2.41. The highest BCUT2D eigenvalue weighted by Gasteiger charge is 2.27. The summed E-state index contributed by atoms with van der Waals surface area (Å²) in [5.74, 6) is 0.460. The first-order valence-electron chi connectivity index (χ1n) is 8.32. The highest BCUT2D eigenvalue weighted by Crippen LogP contribution is 2.21. The number of rotatable bonds is 7. The van der Waals surface area contributed by atoms with Crippen LogP contribution < -0.4 is 10.1 Å². The minimum Gasteiger partial charge on any atom is -0.497 e. The van der Waals surface area contributed by atoms with Crippen molar-refractivity contribution < 1.29 is 14.3 Å². The molecule has 1 atom stereocenters. The Kier molecular flexibility index (Phi) is 6.74. The van der Waals surface area contributed by atoms with Crippen molar-refractivity contribution in [2.75, 3.05) is 40.1 Å². The van der Waals surface area contributed by atoms with E-state index in [9.17, 15) is 9.59 Å². The number of likely N-dealkylation sites (N-methyl/N-ethyl adjacent to an activating group) is 2. The molecule has 2 aromatic rings. The highest BCUT2D eigenvalue weighted by atomic mass is 16.5. The van der Waals surface area contributed by atoms with Gasteiger partial charge in [-0.25, -0.2) is 0 Å². The van der Waals surface area contributed by atoms with Crippen LogP contribution in [0.2, 0.25) is 0 Å². The second-order valence-electron chi connectivity index (χ2n) is 6.24. The fraction of sp³-hybridized carbons (Fsp3) is 0.300. The molecule has 2 aromatic carbocycles. The SMILES string of the molecule is COc1ccc(NC(=O)CN(C)[C@H](C(=O)N(C)C)c2ccccc2)cc1. The zero-order chi connectivity index (χ0) is 19.1. The fourth-order valence-corrected chi connectivity index (χ4v) is 2.66. The number of hydrogen-bond acceptors (Lipinski definition) is 4. The summed E-state index contributed by atoms with van der Waals surface area (Å²) in [6.45, 7) is 0.0885. The van der Waals surface area contributed by atoms with Crippen molar-refractivity contribution in [3.8, 4) is 5.75 Å². The Morgan fingerprint density at radius 1 is 1.00 bits per heavy atom. The average molecular weight is 355 g/mol. The maximum Gasteiger partial charge on any atom is 0.244 e. The normalized spacial score (nSPS) is 11.7. The molecule has 0 saturated heterocycles. The van der Waals surface area contributed by atoms with Crippen LogP contribution in [0.4, 0.5) is 5.69 Å². The molecular weight excluding hydrogens is 330 g/mol. The summed E-state index contributed by atoms with van der Waals surface area (Å²) in [5.41, 5.74) is 1.53. The van der Waals surface area contributed by atoms with E-state index in [2.05, 4.69) is 5.32 Å². The first kappa shape index (κ1) is 19.5. The number of nitrogens with one attached hydrogen (secondary N) is 1. The third kappa shape index (κ3) is 5.07. The number of methoxy groups -OCH3 is 1. The van der Waals surface area contributed by atoms with Gasteiger partial charge in [-0.05, 0) is 36.9 Å². The molecule has 0 spiro atoms. The van der Waals surface area contributed by atoms with Crippen LogP contribution in [-0.2, 0) is 9.59 Å². The molecule has 0 aromatic heterocycles. The first-order chi connectivity index (χ1) is 12.4. The summed E-state index contributed by atoms with van der Waals surface area (Å²) in [6, 6.07) is 16.0. The molecule has 0 heterocycles. The molecule has 0 aliphatic heterocycles. The quantitative estimate of drug-likeness (QED) is 0.828. The number of carbonyl (C=O) groups excluding carboxylic acids is 2. The summed E-state index contributed by atoms with van der Waals surface area (Å²) in [5, 5.41) is 2.84. The molecule has 0 saturated carbocycles. The van der Waals surface area contributed by atoms with Gasteiger partial charge in [-0.2, -0.15) is 0 Å². The van der Waals surface area contributed by atoms with E-state index in [-0.39, 0.29) is 18.4 Å². The van der Waals surface area contributed by atoms with E-state index in [1.165, 1.54) is 4.90 Å². The molecule has 0 aliphatic carbocycles. The van der Waals surface area contributed by atoms with Crippen molar-refractivity contribution in [1.29, 1.82) is 0 Å². The summed E-state index contributed by atoms with van der Waals surface area (Å²) in [4.78, 5) is 28.3. The van der Waals surface area contributed by atoms with E-state index >= 15 is 0 Å². The number of carbonyl (C=O) groups is 2. The van der Waals surface area contributed by atoms with Crippen molar-refractivity contribution in [1.82, 2.24) is 9.80 Å². The number of amides is 2. The monoisotopic (exact) mass is 355 g/mol. The zero-order valence-electron chi connectivity index (χ0n) is 15.6. The Morgan fingerprint density at radius 3 is 2.15 bits per heavy atom. The Balaban J connectivity index is 2.09. The van der Waals surface area contributed by atoms with Crippen molar-refractivity contribution in [2.45, 2.75) is 6.04 Å². The van der Waals surface area contributed by atoms with E-state index in [1.807, 2.05) is 30.3 Å². The van der Waals surface area contributed by atoms with Crippen molar-refractivity contribution in [3.05, 3.63) is 60.2 Å². The summed E-state index contributed by atoms with van der Waals surface area (Å²) < 4.78 is 5.10. The van der Waals surface area contributed by atoms with Crippen LogP contribution in [0.15, 0.2) is 54.6 Å². The molecule has 0 aliphatic rings. The van der Waals surface area contributed by atoms with Gasteiger partial charge in [0.25, 0.3) is 0 Å². The molecule has 2 rings (SSSR count). The van der Waals surface area contributed by atoms with Gasteiger partial charge in [0.05, 0.1) is 13.7 Å². The van der Waals surface area contributed by atoms with Crippen LogP contribution in [-0.4, -0.2) is 56.4 Å². The van der Waals surface area contributed by atoms with Gasteiger partial charge in [0.2, 0.25) is 11.8 Å². The maximum absolute atomic E-state index is 12.6. The molecule has 1 N–H and O–H groups in total. The van der Waals surface area contributed by atoms with E-state index in [1.54, 1.807) is 57.4 Å². The third-order valence-corrected chi connectivity index (χ3v) is 4.00. The summed E-state index contributed by atoms with van der Waals surface area (Å²) in [6.07, 6.45) is 0. The average Bonchev–Trinajstić information content (AvgIpc) is 2.63. The molecule has 26 heavy (non-hydrogen) atoms. The van der Waals surface area contributed by atoms with Crippen molar-refractivity contribution in [2.24, 2.45) is 0 Å². The molecule has 0 unspecified atom stereocenters. The Morgan fingerprint density at radius 2 is 1.62 bits per heavy atom. The number of anilines is 1. The van der Waals surface area contributed by atoms with Crippen LogP contribution in [0.25, 0.3) is 0 Å². The topological polar surface area (TPSA) is 61.9 Å². The summed E-state index contributed by atoms with van der Waals surface area (Å²) >= 11 is 0. The largest absolute Gasteiger partial charge is 0.497 e. The standard InChI is InChI=1S/C20H25N3O3/c1-22(2)20(25)19(15-8-6-5-7-9-15)23(3)14-18(24)21-16-10-12-17(26-4)13-11-16/h5-13,19H,14H2,1-4H3,(H,21,24)/t19-/m0/s1. The van der Waals surface area contributed by atoms with Gasteiger partial charge in [-0.3, -0.25) is 14.5 Å². The maximum atomic E-state index is 12.6. The van der Waals surface area contributed by atoms with Crippen LogP contribution in [0, 0.1) is 0 Å². The minimum absolute atomic E-state index is 0.0732. The smallest absolute Gasteiger partial charge is 0.244 e. The fourth-order valence-electron chi connectivity index (χ4n) is 2.66. The van der Waals surface area contributed by atoms with Crippen LogP contribution in [0.3, 0.4) is 0 Å². The lowest BCUT2D eigenvalue weighted by atomic mass is 10.0. The lowest BCUT2D eigenvalue weighted by molar-refractivity contribution is -0.134. The van der Waals surface area contributed by atoms with E-state index in [0.29, 0.717) is 5.69 Å². The number of benzene rings is 2. The van der Waals surface area contributed by atoms with Gasteiger partial charge >= 0.3 is 0 Å². The Bertz CT molecular complexity index is 730. The van der Waals surface area contributed by atoms with E-state index < -0.39 is 6.04 Å². The third-order valence-electron chi connectivity index (χ3n) is 4.00. The van der Waals surface area contributed by atoms with Crippen molar-refractivity contribution in [3.63, 3.8) is 0 Å². The van der Waals surface area contributed by atoms with Crippen LogP contribution >= 0.6 is 0 Å². The molecule has 0 radical (unpaired) electrons. The molecule has 0 fully saturated rings. The molecule has 138 valence electrons. The van der Waals surface area contributed by atoms with E-state index in [0.717, 1.165) is 11.3 Å². The second-order valence-corrected chi connectivity index (χ2v) is 6.24. The van der Waals surface area contributed by atoms with Gasteiger partial charge in [0.15, 0.2) is 0 Å². The first-order valence-corrected chi connectivity index (χ1v) is 8.32. The van der Waals surface area contributed by atoms with Gasteiger partial charge < -0.3 is 15.0 Å². The Hall–Kier alpha value is -2.86. The summed E-state index contributed by atoms with van der Waals surface area (Å²) in [7, 11) is 6.79. The second kappa shape index (κ2) is 9.01. The molecule has 2 amide bonds. The minimum atomic E-state index is -0.521. The Labute approximate surface area is 154 Å². The van der Waals surface area contributed by atoms with Crippen LogP contribution in [0.5, 0.6) is 5.75 Å². The number of nitrogens with zero attached hydrogens (tertiary/aromatic N) is 2. The van der Waals surface area contributed by atoms with Crippen molar-refractivity contribution >= 4 is 17.5 Å². The number of hydrogen-bond donors (Lipinski definition) is 1. The molecular formula is C20H25N3O3. The highest BCUT2D eigenvalue weighted by molar-refractivity contribution is 5.93. The van der Waals surface area contributed by atoms with Gasteiger partial charge in [-0.15, -0.1) is 0 Å². The van der Waals surface area contributed by atoms with Gasteiger partial charge in [0, 0.05) is 19.8 Å². The molecule has 6 nitrogen and oxygen atoms in total. The molecule has 0 bridgehead atoms. The van der Waals surface area contributed by atoms with E-state index in [4.69, 9.17) is 4.74 Å². The molecule has 6 heteroatoms. The lowest BCUT2D eigenvalue weighted by Gasteiger charge is -2.29. The zero-order valence-corrected chi connectivity index (χ0v) is 15.6. The van der Waals surface area contributed by atoms with Gasteiger partial charge in [-0.1, -0.05) is 30.3 Å². The van der Waals surface area contributed by atoms with Gasteiger partial charge in [0.1, 0.15) is 11.8 Å². The van der Waals surface area contributed by atoms with Crippen LogP contribution in [0.1, 0.15) is 11.6 Å².